The van der Waals surface area contributed by atoms with E-state index in [2.05, 4.69) is 4.74 Å². The third-order valence-corrected chi connectivity index (χ3v) is 6.01. The van der Waals surface area contributed by atoms with E-state index in [4.69, 9.17) is 23.7 Å². The summed E-state index contributed by atoms with van der Waals surface area (Å²) in [6, 6.07) is 8.70. The Balaban J connectivity index is 3.31. The monoisotopic (exact) mass is 587 g/mol. The number of carbonyl (C=O) groups excluding carboxylic acids is 6. The molecule has 0 radical (unpaired) electrons. The minimum atomic E-state index is -1.37. The number of aromatic nitrogens is 1. The van der Waals surface area contributed by atoms with Gasteiger partial charge in [0.25, 0.3) is 5.56 Å². The quantitative estimate of drug-likeness (QED) is 0.207. The van der Waals surface area contributed by atoms with E-state index in [0.717, 1.165) is 47.2 Å². The summed E-state index contributed by atoms with van der Waals surface area (Å²) in [7, 11) is 5.68. The van der Waals surface area contributed by atoms with Gasteiger partial charge in [-0.25, -0.2) is 24.0 Å². The van der Waals surface area contributed by atoms with Crippen LogP contribution in [-0.2, 0) is 55.8 Å². The second-order valence-electron chi connectivity index (χ2n) is 8.23. The second-order valence-corrected chi connectivity index (χ2v) is 8.23. The zero-order valence-corrected chi connectivity index (χ0v) is 23.8. The number of carbonyl (C=O) groups is 6. The molecule has 0 saturated heterocycles. The van der Waals surface area contributed by atoms with Crippen LogP contribution in [0.25, 0.3) is 5.57 Å². The van der Waals surface area contributed by atoms with Crippen molar-refractivity contribution in [3.8, 4) is 0 Å². The first-order valence-corrected chi connectivity index (χ1v) is 12.1. The summed E-state index contributed by atoms with van der Waals surface area (Å²) in [6.45, 7) is -0.287. The lowest BCUT2D eigenvalue weighted by Crippen LogP contribution is -2.37. The largest absolute Gasteiger partial charge is 0.469 e. The predicted molar refractivity (Wildman–Crippen MR) is 142 cm³/mol. The van der Waals surface area contributed by atoms with Gasteiger partial charge in [0.05, 0.1) is 71.4 Å². The third kappa shape index (κ3) is 6.89. The molecule has 2 aromatic rings. The SMILES string of the molecule is COC(=O)C/C(C(=O)OC)=C(\C(=O)OC)c1c(C(=O)OC)c(C(=O)OC)c(C(=O)OC)n(CCc2ccccc2)c1=O. The van der Waals surface area contributed by atoms with E-state index in [1.54, 1.807) is 30.3 Å². The Morgan fingerprint density at radius 2 is 1.19 bits per heavy atom. The first-order valence-electron chi connectivity index (χ1n) is 12.1. The Labute approximate surface area is 239 Å². The molecule has 1 aromatic heterocycles. The molecule has 0 aliphatic rings. The van der Waals surface area contributed by atoms with E-state index < -0.39 is 81.3 Å². The lowest BCUT2D eigenvalue weighted by molar-refractivity contribution is -0.143. The number of ether oxygens (including phenoxy) is 6. The van der Waals surface area contributed by atoms with Gasteiger partial charge in [-0.15, -0.1) is 0 Å². The van der Waals surface area contributed by atoms with Gasteiger partial charge in [-0.2, -0.15) is 0 Å². The topological polar surface area (TPSA) is 180 Å². The van der Waals surface area contributed by atoms with Crippen LogP contribution in [0.5, 0.6) is 0 Å². The molecule has 0 saturated carbocycles. The number of esters is 6. The molecule has 0 bridgehead atoms. The molecule has 0 aliphatic heterocycles. The van der Waals surface area contributed by atoms with Crippen molar-refractivity contribution in [3.63, 3.8) is 0 Å². The molecule has 0 atom stereocenters. The fourth-order valence-corrected chi connectivity index (χ4v) is 4.05. The number of pyridine rings is 1. The molecular weight excluding hydrogens is 558 g/mol. The molecule has 224 valence electrons. The average molecular weight is 588 g/mol. The highest BCUT2D eigenvalue weighted by molar-refractivity contribution is 6.26. The summed E-state index contributed by atoms with van der Waals surface area (Å²) in [5.74, 6) is -7.51. The molecule has 2 rings (SSSR count). The number of hydrogen-bond acceptors (Lipinski definition) is 13. The van der Waals surface area contributed by atoms with Crippen molar-refractivity contribution in [2.24, 2.45) is 0 Å². The van der Waals surface area contributed by atoms with E-state index in [-0.39, 0.29) is 13.0 Å². The molecule has 0 unspecified atom stereocenters. The Kier molecular flexibility index (Phi) is 11.7. The van der Waals surface area contributed by atoms with Gasteiger partial charge < -0.3 is 33.0 Å². The molecule has 0 spiro atoms. The van der Waals surface area contributed by atoms with Gasteiger partial charge in [0.1, 0.15) is 11.3 Å². The molecule has 14 heteroatoms. The van der Waals surface area contributed by atoms with E-state index in [1.807, 2.05) is 0 Å². The number of hydrogen-bond donors (Lipinski definition) is 0. The fourth-order valence-electron chi connectivity index (χ4n) is 4.05. The Morgan fingerprint density at radius 3 is 1.69 bits per heavy atom. The first kappa shape index (κ1) is 32.9. The van der Waals surface area contributed by atoms with Gasteiger partial charge >= 0.3 is 35.8 Å². The average Bonchev–Trinajstić information content (AvgIpc) is 3.02. The van der Waals surface area contributed by atoms with Crippen LogP contribution in [-0.4, -0.2) is 83.0 Å². The highest BCUT2D eigenvalue weighted by Crippen LogP contribution is 2.30. The number of aryl methyl sites for hydroxylation is 1. The summed E-state index contributed by atoms with van der Waals surface area (Å²) in [5, 5.41) is 0. The van der Waals surface area contributed by atoms with Crippen LogP contribution in [0, 0.1) is 0 Å². The highest BCUT2D eigenvalue weighted by Gasteiger charge is 2.39. The van der Waals surface area contributed by atoms with Crippen molar-refractivity contribution < 1.29 is 57.2 Å². The van der Waals surface area contributed by atoms with E-state index in [1.165, 1.54) is 0 Å². The lowest BCUT2D eigenvalue weighted by Gasteiger charge is -2.21. The van der Waals surface area contributed by atoms with Crippen LogP contribution >= 0.6 is 0 Å². The van der Waals surface area contributed by atoms with Crippen LogP contribution in [0.1, 0.15) is 48.8 Å². The second kappa shape index (κ2) is 14.9. The fraction of sp³-hybridized carbons (Fsp3) is 0.321. The molecule has 1 heterocycles. The number of methoxy groups -OCH3 is 6. The molecule has 42 heavy (non-hydrogen) atoms. The Hall–Kier alpha value is -5.27. The first-order chi connectivity index (χ1) is 20.0. The summed E-state index contributed by atoms with van der Waals surface area (Å²) in [4.78, 5) is 92.1. The molecule has 14 nitrogen and oxygen atoms in total. The molecular formula is C28H29NO13. The maximum Gasteiger partial charge on any atom is 0.355 e. The van der Waals surface area contributed by atoms with Crippen LogP contribution in [0.15, 0.2) is 40.7 Å². The van der Waals surface area contributed by atoms with Crippen LogP contribution in [0.2, 0.25) is 0 Å². The van der Waals surface area contributed by atoms with Crippen LogP contribution < -0.4 is 5.56 Å². The Bertz CT molecular complexity index is 1490. The molecule has 0 aliphatic carbocycles. The van der Waals surface area contributed by atoms with Gasteiger partial charge in [-0.05, 0) is 12.0 Å². The number of nitrogens with zero attached hydrogens (tertiary/aromatic N) is 1. The summed E-state index contributed by atoms with van der Waals surface area (Å²) in [6.07, 6.45) is -0.796. The van der Waals surface area contributed by atoms with Crippen LogP contribution in [0.4, 0.5) is 0 Å². The summed E-state index contributed by atoms with van der Waals surface area (Å²) < 4.78 is 29.4. The predicted octanol–water partition coefficient (Wildman–Crippen LogP) is 1.11. The van der Waals surface area contributed by atoms with E-state index in [0.29, 0.717) is 5.56 Å². The third-order valence-electron chi connectivity index (χ3n) is 6.01. The maximum atomic E-state index is 14.3. The lowest BCUT2D eigenvalue weighted by atomic mass is 9.90. The van der Waals surface area contributed by atoms with Crippen molar-refractivity contribution in [1.29, 1.82) is 0 Å². The van der Waals surface area contributed by atoms with Crippen molar-refractivity contribution in [3.05, 3.63) is 74.2 Å². The molecule has 0 N–H and O–H groups in total. The van der Waals surface area contributed by atoms with Gasteiger partial charge in [0, 0.05) is 6.54 Å². The van der Waals surface area contributed by atoms with Crippen molar-refractivity contribution >= 4 is 41.4 Å². The Morgan fingerprint density at radius 1 is 0.643 bits per heavy atom. The number of benzene rings is 1. The molecule has 0 amide bonds. The van der Waals surface area contributed by atoms with Crippen LogP contribution in [0.3, 0.4) is 0 Å². The highest BCUT2D eigenvalue weighted by atomic mass is 16.5. The normalized spacial score (nSPS) is 11.0. The zero-order valence-electron chi connectivity index (χ0n) is 23.8. The minimum Gasteiger partial charge on any atom is -0.469 e. The zero-order chi connectivity index (χ0) is 31.6. The maximum absolute atomic E-state index is 14.3. The van der Waals surface area contributed by atoms with Crippen molar-refractivity contribution in [2.75, 3.05) is 42.7 Å². The van der Waals surface area contributed by atoms with Gasteiger partial charge in [-0.3, -0.25) is 9.59 Å². The van der Waals surface area contributed by atoms with E-state index in [9.17, 15) is 33.6 Å². The van der Waals surface area contributed by atoms with Crippen molar-refractivity contribution in [2.45, 2.75) is 19.4 Å². The summed E-state index contributed by atoms with van der Waals surface area (Å²) >= 11 is 0. The molecule has 0 fully saturated rings. The molecule has 1 aromatic carbocycles. The van der Waals surface area contributed by atoms with E-state index >= 15 is 0 Å². The standard InChI is InChI=1S/C28H29NO13/c1-37-17(30)14-16(24(32)38-2)18(25(33)39-3)19-20(26(34)40-4)21(27(35)41-5)22(28(36)42-6)29(23(19)31)13-12-15-10-8-7-9-11-15/h7-11H,12-14H2,1-6H3/b18-16+. The van der Waals surface area contributed by atoms with Gasteiger partial charge in [0.2, 0.25) is 0 Å². The number of rotatable bonds is 11. The smallest absolute Gasteiger partial charge is 0.355 e. The van der Waals surface area contributed by atoms with Gasteiger partial charge in [0.15, 0.2) is 0 Å². The van der Waals surface area contributed by atoms with Crippen molar-refractivity contribution in [1.82, 2.24) is 4.57 Å². The summed E-state index contributed by atoms with van der Waals surface area (Å²) in [5.41, 5.74) is -5.44. The van der Waals surface area contributed by atoms with Gasteiger partial charge in [-0.1, -0.05) is 30.3 Å². The minimum absolute atomic E-state index is 0.117.